The molecule has 1 saturated heterocycles. The lowest BCUT2D eigenvalue weighted by atomic mass is 10.1. The minimum absolute atomic E-state index is 0.814. The Morgan fingerprint density at radius 1 is 1.47 bits per heavy atom. The lowest BCUT2D eigenvalue weighted by Gasteiger charge is -2.20. The summed E-state index contributed by atoms with van der Waals surface area (Å²) in [4.78, 5) is 2.43. The molecule has 1 aliphatic heterocycles. The molecule has 1 fully saturated rings. The molecule has 0 spiro atoms. The standard InChI is InChI=1S/C15H23BrN2O/c1-18(11-12-5-7-17-10-12)8-6-13-9-14(16)3-4-15(13)19-2/h3-4,9,12,17H,5-8,10-11H2,1-2H3. The summed E-state index contributed by atoms with van der Waals surface area (Å²) in [6, 6.07) is 6.21. The Labute approximate surface area is 124 Å². The lowest BCUT2D eigenvalue weighted by Crippen LogP contribution is -2.28. The van der Waals surface area contributed by atoms with Crippen LogP contribution in [0.2, 0.25) is 0 Å². The maximum atomic E-state index is 5.42. The van der Waals surface area contributed by atoms with Crippen LogP contribution in [0.5, 0.6) is 5.75 Å². The topological polar surface area (TPSA) is 24.5 Å². The second-order valence-electron chi connectivity index (χ2n) is 5.33. The molecule has 0 aromatic heterocycles. The van der Waals surface area contributed by atoms with E-state index in [-0.39, 0.29) is 0 Å². The van der Waals surface area contributed by atoms with E-state index in [0.717, 1.165) is 29.1 Å². The molecule has 19 heavy (non-hydrogen) atoms. The van der Waals surface area contributed by atoms with Crippen molar-refractivity contribution in [2.75, 3.05) is 40.3 Å². The molecule has 106 valence electrons. The summed E-state index contributed by atoms with van der Waals surface area (Å²) in [6.07, 6.45) is 2.34. The van der Waals surface area contributed by atoms with Crippen molar-refractivity contribution in [3.63, 3.8) is 0 Å². The van der Waals surface area contributed by atoms with Gasteiger partial charge in [-0.3, -0.25) is 0 Å². The minimum atomic E-state index is 0.814. The largest absolute Gasteiger partial charge is 0.496 e. The van der Waals surface area contributed by atoms with Crippen molar-refractivity contribution >= 4 is 15.9 Å². The van der Waals surface area contributed by atoms with E-state index in [4.69, 9.17) is 4.74 Å². The number of nitrogens with zero attached hydrogens (tertiary/aromatic N) is 1. The molecule has 1 atom stereocenters. The average molecular weight is 327 g/mol. The number of likely N-dealkylation sites (N-methyl/N-ethyl adjacent to an activating group) is 1. The van der Waals surface area contributed by atoms with Crippen LogP contribution in [-0.2, 0) is 6.42 Å². The van der Waals surface area contributed by atoms with Crippen molar-refractivity contribution in [2.24, 2.45) is 5.92 Å². The Kier molecular flexibility index (Phi) is 5.67. The zero-order valence-corrected chi connectivity index (χ0v) is 13.4. The number of rotatable bonds is 6. The van der Waals surface area contributed by atoms with E-state index in [0.29, 0.717) is 0 Å². The van der Waals surface area contributed by atoms with Gasteiger partial charge in [-0.1, -0.05) is 15.9 Å². The smallest absolute Gasteiger partial charge is 0.122 e. The molecule has 4 heteroatoms. The second kappa shape index (κ2) is 7.27. The van der Waals surface area contributed by atoms with Crippen molar-refractivity contribution in [3.8, 4) is 5.75 Å². The SMILES string of the molecule is COc1ccc(Br)cc1CCN(C)CC1CCNC1. The predicted molar refractivity (Wildman–Crippen MR) is 82.9 cm³/mol. The van der Waals surface area contributed by atoms with Crippen LogP contribution < -0.4 is 10.1 Å². The Morgan fingerprint density at radius 2 is 2.32 bits per heavy atom. The summed E-state index contributed by atoms with van der Waals surface area (Å²) in [5.74, 6) is 1.80. The number of nitrogens with one attached hydrogen (secondary N) is 1. The molecule has 0 aliphatic carbocycles. The van der Waals surface area contributed by atoms with E-state index in [1.807, 2.05) is 12.1 Å². The summed E-state index contributed by atoms with van der Waals surface area (Å²) in [5, 5.41) is 3.42. The molecule has 0 amide bonds. The molecule has 1 heterocycles. The number of benzene rings is 1. The minimum Gasteiger partial charge on any atom is -0.496 e. The van der Waals surface area contributed by atoms with Gasteiger partial charge in [0.05, 0.1) is 7.11 Å². The molecule has 3 nitrogen and oxygen atoms in total. The quantitative estimate of drug-likeness (QED) is 0.869. The lowest BCUT2D eigenvalue weighted by molar-refractivity contribution is 0.287. The molecule has 0 radical (unpaired) electrons. The Bertz CT molecular complexity index is 405. The van der Waals surface area contributed by atoms with Crippen LogP contribution in [0.25, 0.3) is 0 Å². The number of ether oxygens (including phenoxy) is 1. The molecular formula is C15H23BrN2O. The van der Waals surface area contributed by atoms with E-state index < -0.39 is 0 Å². The molecule has 1 aromatic rings. The van der Waals surface area contributed by atoms with Crippen LogP contribution in [0.1, 0.15) is 12.0 Å². The highest BCUT2D eigenvalue weighted by atomic mass is 79.9. The third kappa shape index (κ3) is 4.48. The zero-order valence-electron chi connectivity index (χ0n) is 11.8. The molecule has 1 aliphatic rings. The first-order valence-corrected chi connectivity index (χ1v) is 7.70. The van der Waals surface area contributed by atoms with Gasteiger partial charge in [-0.2, -0.15) is 0 Å². The van der Waals surface area contributed by atoms with E-state index in [1.54, 1.807) is 7.11 Å². The third-order valence-corrected chi connectivity index (χ3v) is 4.23. The Hall–Kier alpha value is -0.580. The summed E-state index contributed by atoms with van der Waals surface area (Å²) >= 11 is 3.53. The number of hydrogen-bond donors (Lipinski definition) is 1. The van der Waals surface area contributed by atoms with Crippen LogP contribution in [0.15, 0.2) is 22.7 Å². The van der Waals surface area contributed by atoms with Gasteiger partial charge in [0.25, 0.3) is 0 Å². The molecular weight excluding hydrogens is 304 g/mol. The first-order chi connectivity index (χ1) is 9.19. The number of methoxy groups -OCH3 is 1. The van der Waals surface area contributed by atoms with Crippen molar-refractivity contribution in [1.29, 1.82) is 0 Å². The van der Waals surface area contributed by atoms with Gasteiger partial charge in [0.15, 0.2) is 0 Å². The highest BCUT2D eigenvalue weighted by molar-refractivity contribution is 9.10. The third-order valence-electron chi connectivity index (χ3n) is 3.74. The fraction of sp³-hybridized carbons (Fsp3) is 0.600. The van der Waals surface area contributed by atoms with Gasteiger partial charge in [-0.15, -0.1) is 0 Å². The summed E-state index contributed by atoms with van der Waals surface area (Å²) < 4.78 is 6.53. The summed E-state index contributed by atoms with van der Waals surface area (Å²) in [6.45, 7) is 4.61. The van der Waals surface area contributed by atoms with Crippen molar-refractivity contribution < 1.29 is 4.74 Å². The maximum absolute atomic E-state index is 5.42. The van der Waals surface area contributed by atoms with Crippen molar-refractivity contribution in [1.82, 2.24) is 10.2 Å². The van der Waals surface area contributed by atoms with E-state index >= 15 is 0 Å². The fourth-order valence-electron chi connectivity index (χ4n) is 2.66. The Morgan fingerprint density at radius 3 is 3.00 bits per heavy atom. The molecule has 1 aromatic carbocycles. The van der Waals surface area contributed by atoms with Crippen molar-refractivity contribution in [2.45, 2.75) is 12.8 Å². The van der Waals surface area contributed by atoms with Gasteiger partial charge in [-0.25, -0.2) is 0 Å². The highest BCUT2D eigenvalue weighted by Crippen LogP contribution is 2.23. The van der Waals surface area contributed by atoms with Gasteiger partial charge in [0, 0.05) is 17.6 Å². The van der Waals surface area contributed by atoms with Crippen LogP contribution in [-0.4, -0.2) is 45.2 Å². The van der Waals surface area contributed by atoms with Gasteiger partial charge in [-0.05, 0) is 62.7 Å². The molecule has 0 bridgehead atoms. The van der Waals surface area contributed by atoms with E-state index in [2.05, 4.69) is 39.3 Å². The van der Waals surface area contributed by atoms with E-state index in [9.17, 15) is 0 Å². The van der Waals surface area contributed by atoms with Crippen LogP contribution in [0.3, 0.4) is 0 Å². The monoisotopic (exact) mass is 326 g/mol. The number of halogens is 1. The zero-order chi connectivity index (χ0) is 13.7. The van der Waals surface area contributed by atoms with Gasteiger partial charge in [0.2, 0.25) is 0 Å². The molecule has 1 N–H and O–H groups in total. The van der Waals surface area contributed by atoms with Gasteiger partial charge in [0.1, 0.15) is 5.75 Å². The first kappa shape index (κ1) is 14.8. The molecule has 0 saturated carbocycles. The fourth-order valence-corrected chi connectivity index (χ4v) is 3.06. The van der Waals surface area contributed by atoms with Crippen LogP contribution in [0, 0.1) is 5.92 Å². The van der Waals surface area contributed by atoms with Crippen molar-refractivity contribution in [3.05, 3.63) is 28.2 Å². The van der Waals surface area contributed by atoms with Gasteiger partial charge >= 0.3 is 0 Å². The second-order valence-corrected chi connectivity index (χ2v) is 6.24. The normalized spacial score (nSPS) is 19.1. The van der Waals surface area contributed by atoms with Crippen LogP contribution in [0.4, 0.5) is 0 Å². The summed E-state index contributed by atoms with van der Waals surface area (Å²) in [5.41, 5.74) is 1.27. The maximum Gasteiger partial charge on any atom is 0.122 e. The Balaban J connectivity index is 1.85. The molecule has 1 unspecified atom stereocenters. The first-order valence-electron chi connectivity index (χ1n) is 6.90. The molecule has 2 rings (SSSR count). The average Bonchev–Trinajstić information content (AvgIpc) is 2.89. The highest BCUT2D eigenvalue weighted by Gasteiger charge is 2.16. The van der Waals surface area contributed by atoms with Crippen LogP contribution >= 0.6 is 15.9 Å². The van der Waals surface area contributed by atoms with E-state index in [1.165, 1.54) is 31.6 Å². The predicted octanol–water partition coefficient (Wildman–Crippen LogP) is 2.54. The summed E-state index contributed by atoms with van der Waals surface area (Å²) in [7, 11) is 3.95. The van der Waals surface area contributed by atoms with Gasteiger partial charge < -0.3 is 15.0 Å². The number of hydrogen-bond acceptors (Lipinski definition) is 3.